The molecule has 1 saturated heterocycles. The van der Waals surface area contributed by atoms with Gasteiger partial charge in [0.1, 0.15) is 0 Å². The second-order valence-corrected chi connectivity index (χ2v) is 9.65. The second kappa shape index (κ2) is 8.85. The van der Waals surface area contributed by atoms with Crippen LogP contribution in [0.3, 0.4) is 0 Å². The Morgan fingerprint density at radius 3 is 2.17 bits per heavy atom. The Bertz CT molecular complexity index is 1330. The molecule has 0 aliphatic carbocycles. The predicted octanol–water partition coefficient (Wildman–Crippen LogP) is 3.58. The van der Waals surface area contributed by atoms with E-state index in [9.17, 15) is 49.1 Å². The number of carbonyl (C=O) groups is 3. The maximum absolute atomic E-state index is 13.4. The van der Waals surface area contributed by atoms with Crippen molar-refractivity contribution in [3.8, 4) is 0 Å². The highest BCUT2D eigenvalue weighted by Gasteiger charge is 2.65. The monoisotopic (exact) mass is 540 g/mol. The summed E-state index contributed by atoms with van der Waals surface area (Å²) in [5.74, 6) is -3.90. The molecule has 1 aromatic carbocycles. The lowest BCUT2D eigenvalue weighted by atomic mass is 10.1. The highest BCUT2D eigenvalue weighted by molar-refractivity contribution is 7.92. The summed E-state index contributed by atoms with van der Waals surface area (Å²) in [5, 5.41) is 0. The number of pyridine rings is 1. The molecule has 16 heteroatoms. The molecule has 1 fully saturated rings. The zero-order valence-corrected chi connectivity index (χ0v) is 19.1. The van der Waals surface area contributed by atoms with Gasteiger partial charge in [0.25, 0.3) is 9.84 Å². The van der Waals surface area contributed by atoms with Crippen molar-refractivity contribution in [2.24, 2.45) is 0 Å². The molecule has 9 nitrogen and oxygen atoms in total. The Labute approximate surface area is 199 Å². The number of amides is 3. The minimum Gasteiger partial charge on any atom is -0.267 e. The number of rotatable bonds is 5. The SMILES string of the molecule is Cc1cnccc1C[N+]1(OC(=O)C(F)(F)F)C(=O)N(c2ccc(S(=O)(=O)C(F)(F)F)cc2)C(=O)C1C. The van der Waals surface area contributed by atoms with Crippen LogP contribution in [0.2, 0.25) is 0 Å². The fourth-order valence-corrected chi connectivity index (χ4v) is 4.19. The average Bonchev–Trinajstić information content (AvgIpc) is 2.95. The number of sulfone groups is 1. The maximum atomic E-state index is 13.4. The summed E-state index contributed by atoms with van der Waals surface area (Å²) >= 11 is 0. The lowest BCUT2D eigenvalue weighted by molar-refractivity contribution is -1.04. The highest BCUT2D eigenvalue weighted by Crippen LogP contribution is 2.37. The topological polar surface area (TPSA) is 111 Å². The molecule has 3 amide bonds. The molecular formula is C20H16F6N3O6S+. The van der Waals surface area contributed by atoms with Gasteiger partial charge in [-0.1, -0.05) is 0 Å². The Balaban J connectivity index is 2.09. The first-order valence-electron chi connectivity index (χ1n) is 9.81. The fourth-order valence-electron chi connectivity index (χ4n) is 3.43. The number of anilines is 1. The molecule has 0 N–H and O–H groups in total. The number of hydrogen-bond donors (Lipinski definition) is 0. The molecule has 0 bridgehead atoms. The van der Waals surface area contributed by atoms with Gasteiger partial charge < -0.3 is 0 Å². The zero-order chi connectivity index (χ0) is 27.3. The minimum atomic E-state index is -5.75. The lowest BCUT2D eigenvalue weighted by Crippen LogP contribution is -2.57. The van der Waals surface area contributed by atoms with Crippen LogP contribution in [0.15, 0.2) is 47.6 Å². The molecule has 0 saturated carbocycles. The summed E-state index contributed by atoms with van der Waals surface area (Å²) in [6, 6.07) is 0.522. The molecule has 3 rings (SSSR count). The number of benzene rings is 1. The summed E-state index contributed by atoms with van der Waals surface area (Å²) in [4.78, 5) is 45.7. The summed E-state index contributed by atoms with van der Waals surface area (Å²) in [6.45, 7) is 1.83. The van der Waals surface area contributed by atoms with Crippen LogP contribution in [0.1, 0.15) is 18.1 Å². The number of quaternary nitrogens is 1. The molecule has 0 radical (unpaired) electrons. The summed E-state index contributed by atoms with van der Waals surface area (Å²) in [7, 11) is -5.75. The fraction of sp³-hybridized carbons (Fsp3) is 0.300. The number of halogens is 6. The Morgan fingerprint density at radius 2 is 1.67 bits per heavy atom. The van der Waals surface area contributed by atoms with E-state index in [1.807, 2.05) is 0 Å². The number of imide groups is 1. The van der Waals surface area contributed by atoms with Gasteiger partial charge in [0.15, 0.2) is 6.54 Å². The number of alkyl halides is 6. The first kappa shape index (κ1) is 27.1. The molecule has 2 atom stereocenters. The average molecular weight is 540 g/mol. The van der Waals surface area contributed by atoms with Crippen LogP contribution in [0.25, 0.3) is 0 Å². The number of hydrogen-bond acceptors (Lipinski definition) is 7. The number of carbonyl (C=O) groups excluding carboxylic acids is 3. The highest BCUT2D eigenvalue weighted by atomic mass is 32.2. The third kappa shape index (κ3) is 4.53. The van der Waals surface area contributed by atoms with Gasteiger partial charge in [0, 0.05) is 24.9 Å². The largest absolute Gasteiger partial charge is 0.501 e. The Hall–Kier alpha value is -3.53. The first-order valence-corrected chi connectivity index (χ1v) is 11.3. The third-order valence-corrected chi connectivity index (χ3v) is 6.95. The van der Waals surface area contributed by atoms with Crippen molar-refractivity contribution in [1.82, 2.24) is 4.98 Å². The van der Waals surface area contributed by atoms with Crippen LogP contribution >= 0.6 is 0 Å². The van der Waals surface area contributed by atoms with Crippen molar-refractivity contribution in [1.29, 1.82) is 0 Å². The Kier molecular flexibility index (Phi) is 6.65. The van der Waals surface area contributed by atoms with Crippen molar-refractivity contribution in [3.05, 3.63) is 53.9 Å². The van der Waals surface area contributed by atoms with Gasteiger partial charge in [-0.15, -0.1) is 0 Å². The van der Waals surface area contributed by atoms with E-state index in [1.54, 1.807) is 0 Å². The quantitative estimate of drug-likeness (QED) is 0.324. The molecule has 2 aromatic rings. The number of nitrogens with zero attached hydrogens (tertiary/aromatic N) is 3. The number of aromatic nitrogens is 1. The molecule has 0 spiro atoms. The Morgan fingerprint density at radius 1 is 1.08 bits per heavy atom. The van der Waals surface area contributed by atoms with E-state index in [2.05, 4.69) is 9.82 Å². The van der Waals surface area contributed by atoms with Crippen LogP contribution in [0.4, 0.5) is 36.8 Å². The molecule has 1 aliphatic heterocycles. The maximum Gasteiger partial charge on any atom is 0.501 e. The third-order valence-electron chi connectivity index (χ3n) is 5.45. The molecule has 1 aliphatic rings. The van der Waals surface area contributed by atoms with Crippen molar-refractivity contribution in [2.75, 3.05) is 4.90 Å². The van der Waals surface area contributed by atoms with Crippen LogP contribution < -0.4 is 4.90 Å². The van der Waals surface area contributed by atoms with Gasteiger partial charge in [-0.3, -0.25) is 14.6 Å². The number of hydroxylamine groups is 3. The van der Waals surface area contributed by atoms with E-state index in [-0.39, 0.29) is 5.56 Å². The normalized spacial score (nSPS) is 21.1. The first-order chi connectivity index (χ1) is 16.4. The minimum absolute atomic E-state index is 0.210. The van der Waals surface area contributed by atoms with Gasteiger partial charge in [-0.05, 0) is 47.5 Å². The van der Waals surface area contributed by atoms with E-state index >= 15 is 0 Å². The predicted molar refractivity (Wildman–Crippen MR) is 107 cm³/mol. The molecular weight excluding hydrogens is 524 g/mol. The smallest absolute Gasteiger partial charge is 0.267 e. The summed E-state index contributed by atoms with van der Waals surface area (Å²) in [5.41, 5.74) is -5.47. The molecule has 2 heterocycles. The zero-order valence-electron chi connectivity index (χ0n) is 18.3. The lowest BCUT2D eigenvalue weighted by Gasteiger charge is -2.30. The van der Waals surface area contributed by atoms with Gasteiger partial charge in [-0.25, -0.2) is 18.0 Å². The standard InChI is InChI=1S/C20H16F6N3O6S/c1-11-9-27-8-7-13(11)10-29(35-17(31)19(21,22)23)12(2)16(30)28(18(29)32)14-3-5-15(6-4-14)36(33,34)20(24,25)26/h3-9,12H,10H2,1-2H3/q+1. The van der Waals surface area contributed by atoms with Gasteiger partial charge in [-0.2, -0.15) is 31.2 Å². The van der Waals surface area contributed by atoms with Crippen molar-refractivity contribution in [2.45, 2.75) is 43.0 Å². The van der Waals surface area contributed by atoms with Crippen LogP contribution in [0.5, 0.6) is 0 Å². The molecule has 36 heavy (non-hydrogen) atoms. The van der Waals surface area contributed by atoms with Crippen molar-refractivity contribution < 1.29 is 58.6 Å². The van der Waals surface area contributed by atoms with Crippen LogP contribution in [-0.2, 0) is 30.8 Å². The van der Waals surface area contributed by atoms with E-state index in [1.165, 1.54) is 25.4 Å². The molecule has 194 valence electrons. The van der Waals surface area contributed by atoms with E-state index in [4.69, 9.17) is 0 Å². The number of urea groups is 1. The molecule has 1 aromatic heterocycles. The van der Waals surface area contributed by atoms with Gasteiger partial charge in [0.2, 0.25) is 6.04 Å². The van der Waals surface area contributed by atoms with E-state index in [0.717, 1.165) is 6.92 Å². The second-order valence-electron chi connectivity index (χ2n) is 7.71. The van der Waals surface area contributed by atoms with E-state index < -0.39 is 67.2 Å². The van der Waals surface area contributed by atoms with Gasteiger partial charge >= 0.3 is 29.6 Å². The van der Waals surface area contributed by atoms with Crippen molar-refractivity contribution in [3.63, 3.8) is 0 Å². The van der Waals surface area contributed by atoms with Crippen LogP contribution in [-0.4, -0.2) is 53.7 Å². The summed E-state index contributed by atoms with van der Waals surface area (Å²) < 4.78 is 99.0. The van der Waals surface area contributed by atoms with E-state index in [0.29, 0.717) is 34.7 Å². The van der Waals surface area contributed by atoms with Gasteiger partial charge in [0.05, 0.1) is 10.6 Å². The molecule has 2 unspecified atom stereocenters. The van der Waals surface area contributed by atoms with Crippen LogP contribution in [0, 0.1) is 6.92 Å². The summed E-state index contributed by atoms with van der Waals surface area (Å²) in [6.07, 6.45) is -2.94. The van der Waals surface area contributed by atoms with Crippen molar-refractivity contribution >= 4 is 33.4 Å². The number of aryl methyl sites for hydroxylation is 1.